The van der Waals surface area contributed by atoms with Gasteiger partial charge in [-0.15, -0.1) is 0 Å². The van der Waals surface area contributed by atoms with E-state index in [1.165, 1.54) is 11.8 Å². The van der Waals surface area contributed by atoms with E-state index < -0.39 is 11.9 Å². The summed E-state index contributed by atoms with van der Waals surface area (Å²) in [6, 6.07) is 15.3. The minimum absolute atomic E-state index is 0.305. The number of para-hydroxylation sites is 1. The van der Waals surface area contributed by atoms with Crippen molar-refractivity contribution in [3.05, 3.63) is 66.2 Å². The Morgan fingerprint density at radius 2 is 1.42 bits per heavy atom. The normalized spacial score (nSPS) is 10.0. The smallest absolute Gasteiger partial charge is 0.328 e. The third-order valence-electron chi connectivity index (χ3n) is 2.65. The Balaban J connectivity index is 0.000000307. The van der Waals surface area contributed by atoms with E-state index in [4.69, 9.17) is 15.9 Å². The van der Waals surface area contributed by atoms with E-state index in [9.17, 15) is 14.7 Å². The summed E-state index contributed by atoms with van der Waals surface area (Å²) < 4.78 is 0. The predicted molar refractivity (Wildman–Crippen MR) is 91.0 cm³/mol. The summed E-state index contributed by atoms with van der Waals surface area (Å²) in [5, 5.41) is 25.3. The van der Waals surface area contributed by atoms with E-state index in [1.54, 1.807) is 6.07 Å². The van der Waals surface area contributed by atoms with Gasteiger partial charge in [0.25, 0.3) is 0 Å². The van der Waals surface area contributed by atoms with Gasteiger partial charge in [-0.25, -0.2) is 9.59 Å². The van der Waals surface area contributed by atoms with Gasteiger partial charge in [0, 0.05) is 23.6 Å². The molecule has 0 heterocycles. The quantitative estimate of drug-likeness (QED) is 0.614. The van der Waals surface area contributed by atoms with E-state index >= 15 is 0 Å². The van der Waals surface area contributed by atoms with Crippen LogP contribution >= 0.6 is 11.8 Å². The van der Waals surface area contributed by atoms with Crippen LogP contribution in [0.3, 0.4) is 0 Å². The molecule has 0 bridgehead atoms. The molecule has 0 amide bonds. The molecule has 0 aliphatic heterocycles. The zero-order valence-electron chi connectivity index (χ0n) is 12.6. The summed E-state index contributed by atoms with van der Waals surface area (Å²) in [6.45, 7) is 0.511. The molecule has 2 aromatic carbocycles. The molecule has 0 aliphatic rings. The number of nitrogens with two attached hydrogens (primary N) is 1. The van der Waals surface area contributed by atoms with Crippen LogP contribution in [0.1, 0.15) is 5.56 Å². The molecule has 0 spiro atoms. The van der Waals surface area contributed by atoms with Crippen LogP contribution < -0.4 is 5.73 Å². The number of hydrogen-bond acceptors (Lipinski definition) is 5. The zero-order valence-corrected chi connectivity index (χ0v) is 13.4. The van der Waals surface area contributed by atoms with Gasteiger partial charge in [0.1, 0.15) is 5.75 Å². The van der Waals surface area contributed by atoms with Gasteiger partial charge in [-0.3, -0.25) is 0 Å². The highest BCUT2D eigenvalue weighted by molar-refractivity contribution is 7.99. The van der Waals surface area contributed by atoms with Gasteiger partial charge >= 0.3 is 11.9 Å². The lowest BCUT2D eigenvalue weighted by Gasteiger charge is -2.07. The molecule has 0 saturated carbocycles. The maximum absolute atomic E-state index is 9.68. The van der Waals surface area contributed by atoms with Crippen LogP contribution in [0.15, 0.2) is 70.5 Å². The molecular formula is C17H17NO5S. The van der Waals surface area contributed by atoms with Crippen molar-refractivity contribution in [1.82, 2.24) is 0 Å². The molecule has 0 aromatic heterocycles. The third kappa shape index (κ3) is 6.99. The van der Waals surface area contributed by atoms with Crippen molar-refractivity contribution in [2.24, 2.45) is 5.73 Å². The largest absolute Gasteiger partial charge is 0.507 e. The number of hydrogen-bond donors (Lipinski definition) is 4. The Bertz CT molecular complexity index is 714. The second kappa shape index (κ2) is 10.1. The molecule has 24 heavy (non-hydrogen) atoms. The molecule has 2 aromatic rings. The highest BCUT2D eigenvalue weighted by Crippen LogP contribution is 2.35. The number of rotatable bonds is 5. The molecule has 0 saturated heterocycles. The lowest BCUT2D eigenvalue weighted by atomic mass is 10.2. The number of aliphatic carboxylic acids is 2. The molecule has 0 radical (unpaired) electrons. The molecule has 126 valence electrons. The van der Waals surface area contributed by atoms with Gasteiger partial charge in [-0.1, -0.05) is 42.1 Å². The summed E-state index contributed by atoms with van der Waals surface area (Å²) >= 11 is 1.54. The number of aromatic hydroxyl groups is 1. The van der Waals surface area contributed by atoms with E-state index in [0.29, 0.717) is 24.4 Å². The van der Waals surface area contributed by atoms with Crippen LogP contribution in [0, 0.1) is 0 Å². The van der Waals surface area contributed by atoms with Crippen LogP contribution in [0.2, 0.25) is 0 Å². The minimum atomic E-state index is -1.26. The molecule has 2 rings (SSSR count). The number of benzene rings is 2. The number of carboxylic acid groups (broad SMARTS) is 2. The van der Waals surface area contributed by atoms with Crippen molar-refractivity contribution < 1.29 is 24.9 Å². The molecular weight excluding hydrogens is 330 g/mol. The fourth-order valence-electron chi connectivity index (χ4n) is 1.58. The van der Waals surface area contributed by atoms with Crippen LogP contribution in [-0.2, 0) is 16.1 Å². The van der Waals surface area contributed by atoms with Crippen molar-refractivity contribution in [3.8, 4) is 5.75 Å². The molecule has 0 unspecified atom stereocenters. The highest BCUT2D eigenvalue weighted by atomic mass is 32.2. The van der Waals surface area contributed by atoms with E-state index in [-0.39, 0.29) is 0 Å². The van der Waals surface area contributed by atoms with Crippen LogP contribution in [-0.4, -0.2) is 27.3 Å². The van der Waals surface area contributed by atoms with Gasteiger partial charge in [-0.2, -0.15) is 0 Å². The van der Waals surface area contributed by atoms with Crippen LogP contribution in [0.25, 0.3) is 0 Å². The summed E-state index contributed by atoms with van der Waals surface area (Å²) in [6.07, 6.45) is 1.12. The van der Waals surface area contributed by atoms with Crippen LogP contribution in [0.4, 0.5) is 0 Å². The predicted octanol–water partition coefficient (Wildman–Crippen LogP) is 2.71. The average molecular weight is 347 g/mol. The SMILES string of the molecule is NCc1ccccc1Sc1ccccc1O.O=C(O)/C=C\C(=O)O. The molecule has 6 nitrogen and oxygen atoms in total. The van der Waals surface area contributed by atoms with Gasteiger partial charge in [0.15, 0.2) is 0 Å². The van der Waals surface area contributed by atoms with E-state index in [1.807, 2.05) is 42.5 Å². The zero-order chi connectivity index (χ0) is 17.9. The number of phenolic OH excluding ortho intramolecular Hbond substituents is 1. The van der Waals surface area contributed by atoms with Gasteiger partial charge in [0.05, 0.1) is 4.90 Å². The van der Waals surface area contributed by atoms with Crippen LogP contribution in [0.5, 0.6) is 5.75 Å². The first-order valence-electron chi connectivity index (χ1n) is 6.81. The molecule has 5 N–H and O–H groups in total. The summed E-state index contributed by atoms with van der Waals surface area (Å²) in [4.78, 5) is 21.0. The number of phenols is 1. The first-order chi connectivity index (χ1) is 11.4. The number of carbonyl (C=O) groups is 2. The highest BCUT2D eigenvalue weighted by Gasteiger charge is 2.05. The summed E-state index contributed by atoms with van der Waals surface area (Å²) in [7, 11) is 0. The molecule has 7 heteroatoms. The maximum Gasteiger partial charge on any atom is 0.328 e. The van der Waals surface area contributed by atoms with E-state index in [0.717, 1.165) is 15.4 Å². The van der Waals surface area contributed by atoms with Gasteiger partial charge in [0.2, 0.25) is 0 Å². The fourth-order valence-corrected chi connectivity index (χ4v) is 2.56. The third-order valence-corrected chi connectivity index (χ3v) is 3.83. The Morgan fingerprint density at radius 1 is 0.917 bits per heavy atom. The van der Waals surface area contributed by atoms with Crippen molar-refractivity contribution in [2.45, 2.75) is 16.3 Å². The molecule has 0 aliphatic carbocycles. The molecule has 0 atom stereocenters. The molecule has 0 fully saturated rings. The topological polar surface area (TPSA) is 121 Å². The van der Waals surface area contributed by atoms with Crippen molar-refractivity contribution in [1.29, 1.82) is 0 Å². The lowest BCUT2D eigenvalue weighted by Crippen LogP contribution is -1.97. The Kier molecular flexibility index (Phi) is 8.10. The second-order valence-corrected chi connectivity index (χ2v) is 5.48. The first-order valence-corrected chi connectivity index (χ1v) is 7.63. The average Bonchev–Trinajstić information content (AvgIpc) is 2.56. The summed E-state index contributed by atoms with van der Waals surface area (Å²) in [5.74, 6) is -2.21. The minimum Gasteiger partial charge on any atom is -0.507 e. The van der Waals surface area contributed by atoms with Crippen molar-refractivity contribution in [3.63, 3.8) is 0 Å². The van der Waals surface area contributed by atoms with Crippen molar-refractivity contribution in [2.75, 3.05) is 0 Å². The second-order valence-electron chi connectivity index (χ2n) is 4.39. The van der Waals surface area contributed by atoms with Crippen molar-refractivity contribution >= 4 is 23.7 Å². The summed E-state index contributed by atoms with van der Waals surface area (Å²) in [5.41, 5.74) is 6.76. The number of carboxylic acids is 2. The maximum atomic E-state index is 9.68. The van der Waals surface area contributed by atoms with E-state index in [2.05, 4.69) is 0 Å². The van der Waals surface area contributed by atoms with Gasteiger partial charge in [-0.05, 0) is 23.8 Å². The standard InChI is InChI=1S/C13H13NOS.C4H4O4/c14-9-10-5-1-3-7-12(10)16-13-8-4-2-6-11(13)15;5-3(6)1-2-4(7)8/h1-8,15H,9,14H2;1-2H,(H,5,6)(H,7,8)/b;2-1-. The fraction of sp³-hybridized carbons (Fsp3) is 0.0588. The van der Waals surface area contributed by atoms with Gasteiger partial charge < -0.3 is 21.1 Å². The Labute approximate surface area is 143 Å². The Morgan fingerprint density at radius 3 is 1.92 bits per heavy atom. The Hall–Kier alpha value is -2.77. The first kappa shape index (κ1) is 19.3. The lowest BCUT2D eigenvalue weighted by molar-refractivity contribution is -0.134. The monoisotopic (exact) mass is 347 g/mol.